The van der Waals surface area contributed by atoms with Crippen LogP contribution in [-0.2, 0) is 6.42 Å². The Balaban J connectivity index is 1.44. The van der Waals surface area contributed by atoms with Crippen molar-refractivity contribution < 1.29 is 4.42 Å². The van der Waals surface area contributed by atoms with E-state index < -0.39 is 0 Å². The fourth-order valence-electron chi connectivity index (χ4n) is 3.72. The van der Waals surface area contributed by atoms with Crippen molar-refractivity contribution >= 4 is 29.3 Å². The van der Waals surface area contributed by atoms with E-state index in [-0.39, 0.29) is 18.0 Å². The third-order valence-electron chi connectivity index (χ3n) is 5.12. The second-order valence-electron chi connectivity index (χ2n) is 7.17. The van der Waals surface area contributed by atoms with Crippen LogP contribution in [0.25, 0.3) is 17.4 Å². The first kappa shape index (κ1) is 18.8. The zero-order valence-corrected chi connectivity index (χ0v) is 16.8. The van der Waals surface area contributed by atoms with Crippen LogP contribution in [0.15, 0.2) is 41.1 Å². The fourth-order valence-corrected chi connectivity index (χ4v) is 3.91. The van der Waals surface area contributed by atoms with E-state index in [4.69, 9.17) is 21.8 Å². The van der Waals surface area contributed by atoms with Gasteiger partial charge < -0.3 is 20.8 Å². The lowest BCUT2D eigenvalue weighted by Crippen LogP contribution is -2.42. The minimum absolute atomic E-state index is 0.0419. The van der Waals surface area contributed by atoms with Crippen molar-refractivity contribution in [3.8, 4) is 11.6 Å². The largest absolute Gasteiger partial charge is 0.461 e. The average Bonchev–Trinajstić information content (AvgIpc) is 3.48. The number of nitrogens with one attached hydrogen (secondary N) is 2. The highest BCUT2D eigenvalue weighted by molar-refractivity contribution is 6.29. The molecule has 1 aliphatic heterocycles. The van der Waals surface area contributed by atoms with Crippen LogP contribution in [0.2, 0.25) is 5.15 Å². The summed E-state index contributed by atoms with van der Waals surface area (Å²) in [7, 11) is 0. The summed E-state index contributed by atoms with van der Waals surface area (Å²) in [6, 6.07) is 7.70. The zero-order valence-electron chi connectivity index (χ0n) is 16.0. The minimum atomic E-state index is 0.0419. The number of anilines is 2. The molecule has 1 saturated heterocycles. The summed E-state index contributed by atoms with van der Waals surface area (Å²) in [6.45, 7) is 0.985. The van der Waals surface area contributed by atoms with E-state index >= 15 is 0 Å². The normalized spacial score (nSPS) is 17.4. The first-order valence-electron chi connectivity index (χ1n) is 9.70. The van der Waals surface area contributed by atoms with Crippen molar-refractivity contribution in [2.75, 3.05) is 17.6 Å². The Bertz CT molecular complexity index is 1150. The van der Waals surface area contributed by atoms with Crippen LogP contribution in [0, 0.1) is 0 Å². The molecule has 30 heavy (non-hydrogen) atoms. The first-order chi connectivity index (χ1) is 14.7. The molecule has 2 unspecified atom stereocenters. The minimum Gasteiger partial charge on any atom is -0.461 e. The second kappa shape index (κ2) is 7.88. The topological polar surface area (TPSA) is 132 Å². The van der Waals surface area contributed by atoms with Gasteiger partial charge in [0.25, 0.3) is 5.78 Å². The van der Waals surface area contributed by atoms with Gasteiger partial charge in [-0.05, 0) is 55.6 Å². The molecule has 0 bridgehead atoms. The molecule has 0 aromatic carbocycles. The summed E-state index contributed by atoms with van der Waals surface area (Å²) in [5.41, 5.74) is 7.20. The molecule has 0 spiro atoms. The van der Waals surface area contributed by atoms with E-state index in [1.165, 1.54) is 4.52 Å². The molecule has 0 aliphatic carbocycles. The van der Waals surface area contributed by atoms with Crippen LogP contribution < -0.4 is 16.4 Å². The van der Waals surface area contributed by atoms with Crippen LogP contribution in [0.3, 0.4) is 0 Å². The summed E-state index contributed by atoms with van der Waals surface area (Å²) < 4.78 is 6.76. The fraction of sp³-hybridized carbons (Fsp3) is 0.316. The molecule has 11 heteroatoms. The summed E-state index contributed by atoms with van der Waals surface area (Å²) in [6.07, 6.45) is 6.19. The van der Waals surface area contributed by atoms with Crippen molar-refractivity contribution in [3.63, 3.8) is 0 Å². The molecule has 2 atom stereocenters. The Hall–Kier alpha value is -3.24. The van der Waals surface area contributed by atoms with Crippen LogP contribution in [0.1, 0.15) is 18.4 Å². The van der Waals surface area contributed by atoms with E-state index in [2.05, 4.69) is 35.7 Å². The van der Waals surface area contributed by atoms with Crippen LogP contribution in [0.4, 0.5) is 11.9 Å². The number of nitrogens with two attached hydrogens (primary N) is 1. The maximum absolute atomic E-state index is 6.12. The van der Waals surface area contributed by atoms with Crippen LogP contribution in [-0.4, -0.2) is 48.2 Å². The summed E-state index contributed by atoms with van der Waals surface area (Å²) in [5.74, 6) is 1.88. The quantitative estimate of drug-likeness (QED) is 0.397. The van der Waals surface area contributed by atoms with Crippen LogP contribution >= 0.6 is 11.6 Å². The highest BCUT2D eigenvalue weighted by Gasteiger charge is 2.26. The Morgan fingerprint density at radius 2 is 2.27 bits per heavy atom. The smallest absolute Gasteiger partial charge is 0.259 e. The number of nitrogen functional groups attached to an aromatic ring is 1. The van der Waals surface area contributed by atoms with Gasteiger partial charge in [-0.15, -0.1) is 5.10 Å². The molecule has 1 fully saturated rings. The lowest BCUT2D eigenvalue weighted by Gasteiger charge is -2.25. The maximum atomic E-state index is 6.12. The molecule has 0 saturated carbocycles. The van der Waals surface area contributed by atoms with Gasteiger partial charge in [0.05, 0.1) is 6.26 Å². The Morgan fingerprint density at radius 3 is 3.03 bits per heavy atom. The van der Waals surface area contributed by atoms with Gasteiger partial charge in [-0.3, -0.25) is 0 Å². The van der Waals surface area contributed by atoms with Crippen molar-refractivity contribution in [1.29, 1.82) is 0 Å². The molecule has 1 aliphatic rings. The molecule has 5 rings (SSSR count). The number of hydrogen-bond donors (Lipinski definition) is 3. The predicted octanol–water partition coefficient (Wildman–Crippen LogP) is 2.19. The van der Waals surface area contributed by atoms with Gasteiger partial charge in [0, 0.05) is 18.3 Å². The average molecular weight is 426 g/mol. The molecule has 154 valence electrons. The highest BCUT2D eigenvalue weighted by Crippen LogP contribution is 2.21. The molecule has 10 nitrogen and oxygen atoms in total. The number of hydrogen-bond acceptors (Lipinski definition) is 9. The molecular weight excluding hydrogens is 406 g/mol. The molecule has 4 aromatic heterocycles. The van der Waals surface area contributed by atoms with Gasteiger partial charge in [0.2, 0.25) is 17.7 Å². The summed E-state index contributed by atoms with van der Waals surface area (Å²) in [4.78, 5) is 17.4. The van der Waals surface area contributed by atoms with E-state index in [0.717, 1.165) is 31.4 Å². The molecular formula is C19H20ClN9O. The Labute approximate surface area is 176 Å². The number of fused-ring (bicyclic) bond motifs is 1. The molecule has 5 heterocycles. The number of furan rings is 1. The van der Waals surface area contributed by atoms with E-state index in [1.54, 1.807) is 24.6 Å². The first-order valence-corrected chi connectivity index (χ1v) is 10.1. The Morgan fingerprint density at radius 1 is 1.33 bits per heavy atom. The van der Waals surface area contributed by atoms with Crippen LogP contribution in [0.5, 0.6) is 0 Å². The standard InChI is InChI=1S/C19H20ClN9O/c20-15-10-11(5-7-23-15)9-13(12-3-1-6-22-12)24-18-26-17(21)29-19(27-18)25-16(28-29)14-4-2-8-30-14/h2,4-5,7-8,10,12-13,22H,1,3,6,9H2,(H3,21,24,25,26,27,28). The van der Waals surface area contributed by atoms with Gasteiger partial charge in [-0.2, -0.15) is 19.5 Å². The van der Waals surface area contributed by atoms with Crippen molar-refractivity contribution in [2.24, 2.45) is 0 Å². The molecule has 0 radical (unpaired) electrons. The predicted molar refractivity (Wildman–Crippen MR) is 112 cm³/mol. The van der Waals surface area contributed by atoms with Gasteiger partial charge in [-0.1, -0.05) is 11.6 Å². The molecule has 4 aromatic rings. The molecule has 0 amide bonds. The van der Waals surface area contributed by atoms with E-state index in [0.29, 0.717) is 28.5 Å². The van der Waals surface area contributed by atoms with Crippen molar-refractivity contribution in [1.82, 2.24) is 34.9 Å². The number of nitrogens with zero attached hydrogens (tertiary/aromatic N) is 6. The Kier molecular flexibility index (Phi) is 4.93. The summed E-state index contributed by atoms with van der Waals surface area (Å²) in [5, 5.41) is 11.8. The zero-order chi connectivity index (χ0) is 20.5. The van der Waals surface area contributed by atoms with Gasteiger partial charge in [0.15, 0.2) is 5.76 Å². The monoisotopic (exact) mass is 425 g/mol. The van der Waals surface area contributed by atoms with Crippen molar-refractivity contribution in [2.45, 2.75) is 31.3 Å². The third-order valence-corrected chi connectivity index (χ3v) is 5.33. The van der Waals surface area contributed by atoms with E-state index in [9.17, 15) is 0 Å². The van der Waals surface area contributed by atoms with Gasteiger partial charge >= 0.3 is 0 Å². The van der Waals surface area contributed by atoms with E-state index in [1.807, 2.05) is 12.1 Å². The third kappa shape index (κ3) is 3.79. The van der Waals surface area contributed by atoms with Crippen molar-refractivity contribution in [3.05, 3.63) is 47.4 Å². The van der Waals surface area contributed by atoms with Gasteiger partial charge in [-0.25, -0.2) is 4.98 Å². The SMILES string of the molecule is Nc1nc(NC(Cc2ccnc(Cl)c2)C2CCCN2)nc2nc(-c3ccco3)nn12. The number of aromatic nitrogens is 6. The number of pyridine rings is 1. The molecule has 4 N–H and O–H groups in total. The maximum Gasteiger partial charge on any atom is 0.259 e. The highest BCUT2D eigenvalue weighted by atomic mass is 35.5. The number of halogens is 1. The lowest BCUT2D eigenvalue weighted by atomic mass is 9.99. The lowest BCUT2D eigenvalue weighted by molar-refractivity contribution is 0.504. The number of rotatable bonds is 6. The van der Waals surface area contributed by atoms with Gasteiger partial charge in [0.1, 0.15) is 5.15 Å². The summed E-state index contributed by atoms with van der Waals surface area (Å²) >= 11 is 6.06. The second-order valence-corrected chi connectivity index (χ2v) is 7.56.